The van der Waals surface area contributed by atoms with E-state index in [1.54, 1.807) is 0 Å². The first-order valence-electron chi connectivity index (χ1n) is 4.12. The highest BCUT2D eigenvalue weighted by atomic mass is 79.9. The molecule has 0 fully saturated rings. The molecule has 0 aliphatic rings. The average Bonchev–Trinajstić information content (AvgIpc) is 2.09. The normalized spacial score (nSPS) is 11.3. The molecule has 2 heteroatoms. The van der Waals surface area contributed by atoms with Crippen molar-refractivity contribution >= 4 is 27.7 Å². The number of thioether (sulfide) groups is 1. The molecule has 0 amide bonds. The Morgan fingerprint density at radius 3 is 2.31 bits per heavy atom. The van der Waals surface area contributed by atoms with E-state index in [4.69, 9.17) is 0 Å². The predicted octanol–water partition coefficient (Wildman–Crippen LogP) is 4.51. The van der Waals surface area contributed by atoms with Crippen LogP contribution in [0.4, 0.5) is 0 Å². The highest BCUT2D eigenvalue weighted by Gasteiger charge is 2.13. The number of rotatable bonds is 3. The second-order valence-electron chi connectivity index (χ2n) is 3.36. The van der Waals surface area contributed by atoms with E-state index in [9.17, 15) is 0 Å². The van der Waals surface area contributed by atoms with Gasteiger partial charge in [-0.2, -0.15) is 0 Å². The third-order valence-corrected chi connectivity index (χ3v) is 3.42. The molecule has 0 atom stereocenters. The summed E-state index contributed by atoms with van der Waals surface area (Å²) in [4.78, 5) is 1.27. The molecule has 0 aliphatic carbocycles. The van der Waals surface area contributed by atoms with E-state index >= 15 is 0 Å². The van der Waals surface area contributed by atoms with Crippen LogP contribution in [0, 0.1) is 0 Å². The molecule has 0 unspecified atom stereocenters. The van der Waals surface area contributed by atoms with Crippen LogP contribution in [0.3, 0.4) is 0 Å². The van der Waals surface area contributed by atoms with Gasteiger partial charge in [-0.15, -0.1) is 18.3 Å². The van der Waals surface area contributed by atoms with E-state index in [-0.39, 0.29) is 4.75 Å². The Balaban J connectivity index is 2.75. The molecule has 1 aromatic rings. The predicted molar refractivity (Wildman–Crippen MR) is 64.3 cm³/mol. The summed E-state index contributed by atoms with van der Waals surface area (Å²) in [5.74, 6) is 0. The monoisotopic (exact) mass is 256 g/mol. The van der Waals surface area contributed by atoms with Crippen molar-refractivity contribution in [3.05, 3.63) is 41.4 Å². The minimum atomic E-state index is 0.105. The number of hydrogen-bond acceptors (Lipinski definition) is 1. The van der Waals surface area contributed by atoms with Gasteiger partial charge < -0.3 is 0 Å². The molecule has 0 nitrogen and oxygen atoms in total. The highest BCUT2D eigenvalue weighted by molar-refractivity contribution is 9.10. The second-order valence-corrected chi connectivity index (χ2v) is 6.01. The van der Waals surface area contributed by atoms with E-state index in [1.807, 2.05) is 17.8 Å². The maximum absolute atomic E-state index is 3.82. The Morgan fingerprint density at radius 1 is 1.31 bits per heavy atom. The van der Waals surface area contributed by atoms with Crippen molar-refractivity contribution in [2.24, 2.45) is 0 Å². The zero-order valence-corrected chi connectivity index (χ0v) is 10.3. The molecule has 0 aromatic heterocycles. The van der Waals surface area contributed by atoms with Crippen LogP contribution >= 0.6 is 27.7 Å². The van der Waals surface area contributed by atoms with Crippen molar-refractivity contribution in [3.8, 4) is 0 Å². The minimum Gasteiger partial charge on any atom is -0.116 e. The van der Waals surface area contributed by atoms with Crippen molar-refractivity contribution in [2.45, 2.75) is 23.5 Å². The van der Waals surface area contributed by atoms with Crippen molar-refractivity contribution in [1.29, 1.82) is 0 Å². The van der Waals surface area contributed by atoms with Crippen molar-refractivity contribution in [2.75, 3.05) is 0 Å². The van der Waals surface area contributed by atoms with Gasteiger partial charge in [0.1, 0.15) is 0 Å². The van der Waals surface area contributed by atoms with Gasteiger partial charge in [0.2, 0.25) is 0 Å². The Labute approximate surface area is 92.6 Å². The fourth-order valence-corrected chi connectivity index (χ4v) is 2.08. The van der Waals surface area contributed by atoms with Gasteiger partial charge in [-0.05, 0) is 38.1 Å². The van der Waals surface area contributed by atoms with Gasteiger partial charge in [0.05, 0.1) is 0 Å². The summed E-state index contributed by atoms with van der Waals surface area (Å²) in [6.45, 7) is 8.13. The second kappa shape index (κ2) is 4.34. The molecule has 0 aliphatic heterocycles. The topological polar surface area (TPSA) is 0 Å². The Morgan fingerprint density at radius 2 is 1.85 bits per heavy atom. The van der Waals surface area contributed by atoms with Gasteiger partial charge in [-0.1, -0.05) is 22.0 Å². The molecule has 13 heavy (non-hydrogen) atoms. The summed E-state index contributed by atoms with van der Waals surface area (Å²) in [6, 6.07) is 8.34. The maximum Gasteiger partial charge on any atom is 0.0327 e. The third kappa shape index (κ3) is 3.57. The smallest absolute Gasteiger partial charge is 0.0327 e. The number of hydrogen-bond donors (Lipinski definition) is 0. The molecule has 0 spiro atoms. The van der Waals surface area contributed by atoms with E-state index in [2.05, 4.69) is 60.6 Å². The first kappa shape index (κ1) is 10.9. The van der Waals surface area contributed by atoms with Crippen molar-refractivity contribution < 1.29 is 0 Å². The molecular weight excluding hydrogens is 244 g/mol. The number of halogens is 1. The van der Waals surface area contributed by atoms with Crippen LogP contribution in [-0.4, -0.2) is 4.75 Å². The quantitative estimate of drug-likeness (QED) is 0.567. The van der Waals surface area contributed by atoms with E-state index in [0.717, 1.165) is 4.47 Å². The standard InChI is InChI=1S/C11H13BrS/c1-4-11(2,3)13-10-7-5-9(12)6-8-10/h4-8H,1H2,2-3H3. The van der Waals surface area contributed by atoms with Gasteiger partial charge in [0.15, 0.2) is 0 Å². The maximum atomic E-state index is 3.82. The van der Waals surface area contributed by atoms with E-state index < -0.39 is 0 Å². The van der Waals surface area contributed by atoms with Crippen molar-refractivity contribution in [3.63, 3.8) is 0 Å². The summed E-state index contributed by atoms with van der Waals surface area (Å²) < 4.78 is 1.22. The molecule has 0 heterocycles. The third-order valence-electron chi connectivity index (χ3n) is 1.69. The summed E-state index contributed by atoms with van der Waals surface area (Å²) >= 11 is 5.23. The van der Waals surface area contributed by atoms with Crippen LogP contribution in [0.1, 0.15) is 13.8 Å². The lowest BCUT2D eigenvalue weighted by Gasteiger charge is -2.18. The van der Waals surface area contributed by atoms with Gasteiger partial charge >= 0.3 is 0 Å². The molecular formula is C11H13BrS. The summed E-state index contributed by atoms with van der Waals surface area (Å²) in [5, 5.41) is 0. The summed E-state index contributed by atoms with van der Waals surface area (Å²) in [6.07, 6.45) is 1.97. The SMILES string of the molecule is C=CC(C)(C)Sc1ccc(Br)cc1. The van der Waals surface area contributed by atoms with E-state index in [0.29, 0.717) is 0 Å². The molecule has 70 valence electrons. The first-order chi connectivity index (χ1) is 6.03. The van der Waals surface area contributed by atoms with E-state index in [1.165, 1.54) is 4.90 Å². The van der Waals surface area contributed by atoms with Gasteiger partial charge in [0.25, 0.3) is 0 Å². The summed E-state index contributed by atoms with van der Waals surface area (Å²) in [7, 11) is 0. The largest absolute Gasteiger partial charge is 0.116 e. The van der Waals surface area contributed by atoms with Crippen molar-refractivity contribution in [1.82, 2.24) is 0 Å². The highest BCUT2D eigenvalue weighted by Crippen LogP contribution is 2.33. The zero-order chi connectivity index (χ0) is 9.90. The summed E-state index contributed by atoms with van der Waals surface area (Å²) in [5.41, 5.74) is 0. The van der Waals surface area contributed by atoms with Gasteiger partial charge in [0, 0.05) is 14.1 Å². The fraction of sp³-hybridized carbons (Fsp3) is 0.273. The van der Waals surface area contributed by atoms with Crippen LogP contribution in [0.25, 0.3) is 0 Å². The average molecular weight is 257 g/mol. The first-order valence-corrected chi connectivity index (χ1v) is 5.73. The molecule has 0 radical (unpaired) electrons. The molecule has 1 aromatic carbocycles. The molecule has 0 N–H and O–H groups in total. The van der Waals surface area contributed by atoms with Crippen LogP contribution in [-0.2, 0) is 0 Å². The molecule has 0 saturated heterocycles. The van der Waals surface area contributed by atoms with Gasteiger partial charge in [-0.3, -0.25) is 0 Å². The van der Waals surface area contributed by atoms with Crippen LogP contribution in [0.5, 0.6) is 0 Å². The lowest BCUT2D eigenvalue weighted by atomic mass is 10.2. The van der Waals surface area contributed by atoms with Gasteiger partial charge in [-0.25, -0.2) is 0 Å². The lowest BCUT2D eigenvalue weighted by Crippen LogP contribution is -2.08. The Kier molecular flexibility index (Phi) is 3.63. The lowest BCUT2D eigenvalue weighted by molar-refractivity contribution is 0.900. The Hall–Kier alpha value is -0.210. The minimum absolute atomic E-state index is 0.105. The van der Waals surface area contributed by atoms with Crippen LogP contribution in [0.2, 0.25) is 0 Å². The molecule has 1 rings (SSSR count). The fourth-order valence-electron chi connectivity index (χ4n) is 0.848. The van der Waals surface area contributed by atoms with Crippen LogP contribution < -0.4 is 0 Å². The Bertz CT molecular complexity index is 287. The molecule has 0 bridgehead atoms. The zero-order valence-electron chi connectivity index (χ0n) is 7.88. The number of benzene rings is 1. The molecule has 0 saturated carbocycles. The van der Waals surface area contributed by atoms with Crippen LogP contribution in [0.15, 0.2) is 46.3 Å².